The number of morpholine rings is 1. The van der Waals surface area contributed by atoms with E-state index in [2.05, 4.69) is 78.0 Å². The highest BCUT2D eigenvalue weighted by atomic mass is 16.5. The molecule has 1 aromatic carbocycles. The maximum absolute atomic E-state index is 12.1. The first-order valence-corrected chi connectivity index (χ1v) is 9.87. The Morgan fingerprint density at radius 1 is 1.21 bits per heavy atom. The summed E-state index contributed by atoms with van der Waals surface area (Å²) in [6, 6.07) is 10.8. The quantitative estimate of drug-likeness (QED) is 0.617. The summed E-state index contributed by atoms with van der Waals surface area (Å²) in [7, 11) is 0. The van der Waals surface area contributed by atoms with E-state index in [-0.39, 0.29) is 5.91 Å². The first-order valence-electron chi connectivity index (χ1n) is 9.87. The molecular weight excluding hydrogens is 352 g/mol. The molecule has 28 heavy (non-hydrogen) atoms. The van der Waals surface area contributed by atoms with Gasteiger partial charge < -0.3 is 9.30 Å². The number of carbonyl (C=O) groups is 1. The van der Waals surface area contributed by atoms with Gasteiger partial charge in [-0.2, -0.15) is 5.10 Å². The zero-order valence-corrected chi connectivity index (χ0v) is 17.2. The normalized spacial score (nSPS) is 15.5. The number of nitrogens with one attached hydrogen (secondary N) is 1. The average molecular weight is 383 g/mol. The molecule has 0 spiro atoms. The third-order valence-corrected chi connectivity index (χ3v) is 5.15. The zero-order chi connectivity index (χ0) is 20.1. The van der Waals surface area contributed by atoms with Crippen molar-refractivity contribution in [1.29, 1.82) is 0 Å². The van der Waals surface area contributed by atoms with Gasteiger partial charge in [-0.1, -0.05) is 26.0 Å². The standard InChI is InChI=1S/C22H30N4O2/c1-16(2)19-5-7-21(8-6-19)26-17(3)13-20(18(26)4)14-23-24-22(27)15-25-9-11-28-12-10-25/h5-8,13-14,16H,9-12,15H2,1-4H3,(H,24,27)/b23-14+. The molecule has 0 saturated carbocycles. The zero-order valence-electron chi connectivity index (χ0n) is 17.2. The number of amides is 1. The van der Waals surface area contributed by atoms with Gasteiger partial charge in [0.25, 0.3) is 5.91 Å². The fourth-order valence-corrected chi connectivity index (χ4v) is 3.50. The molecule has 1 aliphatic rings. The molecule has 0 radical (unpaired) electrons. The highest BCUT2D eigenvalue weighted by molar-refractivity contribution is 5.84. The van der Waals surface area contributed by atoms with Crippen LogP contribution in [0.3, 0.4) is 0 Å². The maximum atomic E-state index is 12.1. The predicted molar refractivity (Wildman–Crippen MR) is 112 cm³/mol. The molecule has 150 valence electrons. The van der Waals surface area contributed by atoms with Crippen LogP contribution in [0, 0.1) is 13.8 Å². The highest BCUT2D eigenvalue weighted by Crippen LogP contribution is 2.22. The summed E-state index contributed by atoms with van der Waals surface area (Å²) in [4.78, 5) is 14.1. The second kappa shape index (κ2) is 9.17. The number of carbonyl (C=O) groups excluding carboxylic acids is 1. The van der Waals surface area contributed by atoms with Crippen LogP contribution in [-0.2, 0) is 9.53 Å². The van der Waals surface area contributed by atoms with Crippen molar-refractivity contribution >= 4 is 12.1 Å². The lowest BCUT2D eigenvalue weighted by Gasteiger charge is -2.25. The lowest BCUT2D eigenvalue weighted by molar-refractivity contribution is -0.123. The Kier molecular flexibility index (Phi) is 6.65. The molecule has 2 aromatic rings. The molecule has 0 bridgehead atoms. The minimum atomic E-state index is -0.101. The van der Waals surface area contributed by atoms with Crippen molar-refractivity contribution in [1.82, 2.24) is 14.9 Å². The summed E-state index contributed by atoms with van der Waals surface area (Å²) in [6.45, 7) is 11.8. The third-order valence-electron chi connectivity index (χ3n) is 5.15. The molecule has 6 nitrogen and oxygen atoms in total. The summed E-state index contributed by atoms with van der Waals surface area (Å²) in [6.07, 6.45) is 1.72. The summed E-state index contributed by atoms with van der Waals surface area (Å²) in [5.74, 6) is 0.418. The summed E-state index contributed by atoms with van der Waals surface area (Å²) >= 11 is 0. The lowest BCUT2D eigenvalue weighted by Crippen LogP contribution is -2.42. The van der Waals surface area contributed by atoms with Gasteiger partial charge in [-0.15, -0.1) is 0 Å². The van der Waals surface area contributed by atoms with Gasteiger partial charge >= 0.3 is 0 Å². The number of hydrazone groups is 1. The largest absolute Gasteiger partial charge is 0.379 e. The van der Waals surface area contributed by atoms with E-state index in [0.717, 1.165) is 35.7 Å². The monoisotopic (exact) mass is 382 g/mol. The first kappa shape index (κ1) is 20.3. The summed E-state index contributed by atoms with van der Waals surface area (Å²) in [5, 5.41) is 4.16. The second-order valence-corrected chi connectivity index (χ2v) is 7.59. The maximum Gasteiger partial charge on any atom is 0.254 e. The number of aryl methyl sites for hydroxylation is 1. The molecule has 1 saturated heterocycles. The molecule has 0 unspecified atom stereocenters. The smallest absolute Gasteiger partial charge is 0.254 e. The molecule has 0 aliphatic carbocycles. The van der Waals surface area contributed by atoms with Crippen molar-refractivity contribution in [3.8, 4) is 5.69 Å². The van der Waals surface area contributed by atoms with Gasteiger partial charge in [0.15, 0.2) is 0 Å². The third kappa shape index (κ3) is 4.88. The Balaban J connectivity index is 1.65. The van der Waals surface area contributed by atoms with Gasteiger partial charge in [0, 0.05) is 35.7 Å². The average Bonchev–Trinajstić information content (AvgIpc) is 2.96. The second-order valence-electron chi connectivity index (χ2n) is 7.59. The van der Waals surface area contributed by atoms with Crippen molar-refractivity contribution in [2.45, 2.75) is 33.6 Å². The number of nitrogens with zero attached hydrogens (tertiary/aromatic N) is 3. The SMILES string of the molecule is Cc1cc(/C=N/NC(=O)CN2CCOCC2)c(C)n1-c1ccc(C(C)C)cc1. The molecular formula is C22H30N4O2. The number of rotatable bonds is 6. The molecule has 1 fully saturated rings. The van der Waals surface area contributed by atoms with Crippen molar-refractivity contribution < 1.29 is 9.53 Å². The van der Waals surface area contributed by atoms with Crippen LogP contribution in [0.1, 0.15) is 42.3 Å². The van der Waals surface area contributed by atoms with Crippen molar-refractivity contribution in [2.24, 2.45) is 5.10 Å². The van der Waals surface area contributed by atoms with Crippen LogP contribution in [0.4, 0.5) is 0 Å². The van der Waals surface area contributed by atoms with Crippen LogP contribution in [-0.4, -0.2) is 54.4 Å². The van der Waals surface area contributed by atoms with E-state index in [4.69, 9.17) is 4.74 Å². The predicted octanol–water partition coefficient (Wildman–Crippen LogP) is 3.00. The van der Waals surface area contributed by atoms with Crippen molar-refractivity contribution in [2.75, 3.05) is 32.8 Å². The molecule has 1 amide bonds. The molecule has 1 aliphatic heterocycles. The van der Waals surface area contributed by atoms with Gasteiger partial charge in [0.2, 0.25) is 0 Å². The first-order chi connectivity index (χ1) is 13.5. The van der Waals surface area contributed by atoms with Crippen LogP contribution in [0.2, 0.25) is 0 Å². The number of hydrogen-bond donors (Lipinski definition) is 1. The van der Waals surface area contributed by atoms with Gasteiger partial charge in [0.05, 0.1) is 26.0 Å². The van der Waals surface area contributed by atoms with Gasteiger partial charge in [-0.3, -0.25) is 9.69 Å². The van der Waals surface area contributed by atoms with Crippen molar-refractivity contribution in [3.05, 3.63) is 52.8 Å². The number of hydrogen-bond acceptors (Lipinski definition) is 4. The minimum Gasteiger partial charge on any atom is -0.379 e. The van der Waals surface area contributed by atoms with Crippen molar-refractivity contribution in [3.63, 3.8) is 0 Å². The molecule has 0 atom stereocenters. The van der Waals surface area contributed by atoms with E-state index < -0.39 is 0 Å². The highest BCUT2D eigenvalue weighted by Gasteiger charge is 2.14. The Labute approximate surface area is 167 Å². The summed E-state index contributed by atoms with van der Waals surface area (Å²) < 4.78 is 7.51. The van der Waals surface area contributed by atoms with Crippen LogP contribution < -0.4 is 5.43 Å². The Morgan fingerprint density at radius 3 is 2.54 bits per heavy atom. The Morgan fingerprint density at radius 2 is 1.89 bits per heavy atom. The van der Waals surface area contributed by atoms with E-state index in [0.29, 0.717) is 25.7 Å². The summed E-state index contributed by atoms with van der Waals surface area (Å²) in [5.41, 5.74) is 8.33. The van der Waals surface area contributed by atoms with E-state index in [1.54, 1.807) is 6.21 Å². The number of ether oxygens (including phenoxy) is 1. The van der Waals surface area contributed by atoms with Gasteiger partial charge in [0.1, 0.15) is 0 Å². The van der Waals surface area contributed by atoms with E-state index >= 15 is 0 Å². The lowest BCUT2D eigenvalue weighted by atomic mass is 10.0. The molecule has 6 heteroatoms. The van der Waals surface area contributed by atoms with E-state index in [9.17, 15) is 4.79 Å². The van der Waals surface area contributed by atoms with Crippen LogP contribution in [0.15, 0.2) is 35.4 Å². The molecule has 1 aromatic heterocycles. The van der Waals surface area contributed by atoms with Crippen LogP contribution in [0.5, 0.6) is 0 Å². The fraction of sp³-hybridized carbons (Fsp3) is 0.455. The Bertz CT molecular complexity index is 831. The van der Waals surface area contributed by atoms with E-state index in [1.165, 1.54) is 5.56 Å². The number of aromatic nitrogens is 1. The molecule has 1 N–H and O–H groups in total. The number of benzene rings is 1. The fourth-order valence-electron chi connectivity index (χ4n) is 3.50. The molecule has 2 heterocycles. The Hall–Kier alpha value is -2.44. The topological polar surface area (TPSA) is 58.9 Å². The van der Waals surface area contributed by atoms with Crippen LogP contribution >= 0.6 is 0 Å². The van der Waals surface area contributed by atoms with Gasteiger partial charge in [-0.25, -0.2) is 5.43 Å². The van der Waals surface area contributed by atoms with Crippen LogP contribution in [0.25, 0.3) is 5.69 Å². The minimum absolute atomic E-state index is 0.101. The van der Waals surface area contributed by atoms with E-state index in [1.807, 2.05) is 0 Å². The molecule has 3 rings (SSSR count). The van der Waals surface area contributed by atoms with Gasteiger partial charge in [-0.05, 0) is 43.5 Å².